The van der Waals surface area contributed by atoms with Crippen LogP contribution < -0.4 is 0 Å². The van der Waals surface area contributed by atoms with Gasteiger partial charge in [0.15, 0.2) is 0 Å². The van der Waals surface area contributed by atoms with Crippen molar-refractivity contribution in [1.82, 2.24) is 14.4 Å². The highest BCUT2D eigenvalue weighted by molar-refractivity contribution is 6.31. The first-order valence-corrected chi connectivity index (χ1v) is 8.74. The minimum atomic E-state index is -0.420. The number of methoxy groups -OCH3 is 1. The summed E-state index contributed by atoms with van der Waals surface area (Å²) < 4.78 is 6.84. The average molecular weight is 354 g/mol. The Balaban J connectivity index is 1.72. The number of carbonyl (C=O) groups excluding carboxylic acids is 2. The van der Waals surface area contributed by atoms with Crippen LogP contribution in [0.3, 0.4) is 0 Å². The van der Waals surface area contributed by atoms with Crippen LogP contribution in [-0.2, 0) is 16.6 Å². The molecule has 6 nitrogen and oxygen atoms in total. The minimum Gasteiger partial charge on any atom is -0.383 e. The highest BCUT2D eigenvalue weighted by Gasteiger charge is 2.49. The Bertz CT molecular complexity index is 645. The van der Waals surface area contributed by atoms with Crippen LogP contribution in [0, 0.1) is 5.41 Å². The first kappa shape index (κ1) is 17.3. The van der Waals surface area contributed by atoms with Gasteiger partial charge in [0, 0.05) is 46.5 Å². The van der Waals surface area contributed by atoms with Gasteiger partial charge in [-0.3, -0.25) is 9.59 Å². The van der Waals surface area contributed by atoms with E-state index in [1.165, 1.54) is 0 Å². The van der Waals surface area contributed by atoms with Crippen molar-refractivity contribution in [3.8, 4) is 0 Å². The van der Waals surface area contributed by atoms with Crippen LogP contribution in [0.15, 0.2) is 12.3 Å². The van der Waals surface area contributed by atoms with Crippen molar-refractivity contribution >= 4 is 23.4 Å². The number of piperidine rings is 1. The number of halogens is 1. The zero-order chi connectivity index (χ0) is 17.3. The van der Waals surface area contributed by atoms with E-state index in [0.29, 0.717) is 37.0 Å². The van der Waals surface area contributed by atoms with Crippen LogP contribution in [-0.4, -0.2) is 66.1 Å². The number of hydrogen-bond donors (Lipinski definition) is 0. The Hall–Kier alpha value is -1.53. The van der Waals surface area contributed by atoms with Gasteiger partial charge in [-0.25, -0.2) is 0 Å². The van der Waals surface area contributed by atoms with Gasteiger partial charge in [0.25, 0.3) is 5.91 Å². The second-order valence-electron chi connectivity index (χ2n) is 6.80. The second-order valence-corrected chi connectivity index (χ2v) is 7.24. The van der Waals surface area contributed by atoms with E-state index >= 15 is 0 Å². The van der Waals surface area contributed by atoms with Gasteiger partial charge >= 0.3 is 0 Å². The molecule has 0 aliphatic carbocycles. The van der Waals surface area contributed by atoms with E-state index in [1.807, 2.05) is 11.9 Å². The molecule has 1 aromatic rings. The van der Waals surface area contributed by atoms with E-state index in [0.717, 1.165) is 25.8 Å². The molecule has 1 atom stereocenters. The summed E-state index contributed by atoms with van der Waals surface area (Å²) >= 11 is 5.99. The molecule has 132 valence electrons. The lowest BCUT2D eigenvalue weighted by Gasteiger charge is -2.39. The van der Waals surface area contributed by atoms with E-state index in [1.54, 1.807) is 28.8 Å². The third-order valence-electron chi connectivity index (χ3n) is 5.22. The third-order valence-corrected chi connectivity index (χ3v) is 5.43. The maximum Gasteiger partial charge on any atom is 0.270 e. The Morgan fingerprint density at radius 1 is 1.38 bits per heavy atom. The second kappa shape index (κ2) is 6.76. The minimum absolute atomic E-state index is 0.0527. The molecule has 2 aliphatic heterocycles. The summed E-state index contributed by atoms with van der Waals surface area (Å²) in [4.78, 5) is 29.4. The van der Waals surface area contributed by atoms with Gasteiger partial charge < -0.3 is 19.1 Å². The molecule has 1 spiro atoms. The summed E-state index contributed by atoms with van der Waals surface area (Å²) in [5.74, 6) is 0.120. The van der Waals surface area contributed by atoms with Crippen molar-refractivity contribution in [3.05, 3.63) is 23.0 Å². The molecule has 2 fully saturated rings. The topological polar surface area (TPSA) is 54.8 Å². The molecule has 0 radical (unpaired) electrons. The summed E-state index contributed by atoms with van der Waals surface area (Å²) in [6, 6.07) is 1.68. The summed E-state index contributed by atoms with van der Waals surface area (Å²) in [5.41, 5.74) is 0.146. The van der Waals surface area contributed by atoms with Crippen LogP contribution in [0.4, 0.5) is 0 Å². The molecule has 0 aromatic carbocycles. The quantitative estimate of drug-likeness (QED) is 0.829. The molecule has 1 aromatic heterocycles. The van der Waals surface area contributed by atoms with Gasteiger partial charge in [-0.05, 0) is 25.3 Å². The van der Waals surface area contributed by atoms with Crippen molar-refractivity contribution in [2.24, 2.45) is 12.5 Å². The van der Waals surface area contributed by atoms with Crippen LogP contribution >= 0.6 is 11.6 Å². The molecule has 2 amide bonds. The normalized spacial score (nSPS) is 24.2. The molecular formula is C17H24ClN3O3. The molecule has 2 saturated heterocycles. The van der Waals surface area contributed by atoms with E-state index in [-0.39, 0.29) is 11.8 Å². The number of aryl methyl sites for hydroxylation is 1. The van der Waals surface area contributed by atoms with Crippen LogP contribution in [0.1, 0.15) is 29.8 Å². The van der Waals surface area contributed by atoms with Gasteiger partial charge in [0.2, 0.25) is 5.91 Å². The predicted molar refractivity (Wildman–Crippen MR) is 91.1 cm³/mol. The van der Waals surface area contributed by atoms with Gasteiger partial charge in [0.05, 0.1) is 17.0 Å². The molecule has 3 heterocycles. The summed E-state index contributed by atoms with van der Waals surface area (Å²) in [7, 11) is 3.45. The number of likely N-dealkylation sites (tertiary alicyclic amines) is 2. The first-order chi connectivity index (χ1) is 11.5. The lowest BCUT2D eigenvalue weighted by atomic mass is 9.78. The fourth-order valence-corrected chi connectivity index (χ4v) is 4.14. The molecular weight excluding hydrogens is 330 g/mol. The molecule has 0 unspecified atom stereocenters. The lowest BCUT2D eigenvalue weighted by Crippen LogP contribution is -2.51. The third kappa shape index (κ3) is 3.05. The standard InChI is InChI=1S/C17H24ClN3O3/c1-19-11-13(18)10-14(19)15(22)21-7-5-17(12-21)4-3-6-20(16(17)23)8-9-24-2/h10-11H,3-9,12H2,1-2H3/t17-/m0/s1. The lowest BCUT2D eigenvalue weighted by molar-refractivity contribution is -0.146. The highest BCUT2D eigenvalue weighted by atomic mass is 35.5. The smallest absolute Gasteiger partial charge is 0.270 e. The van der Waals surface area contributed by atoms with Crippen molar-refractivity contribution in [1.29, 1.82) is 0 Å². The van der Waals surface area contributed by atoms with Crippen LogP contribution in [0.2, 0.25) is 5.02 Å². The fraction of sp³-hybridized carbons (Fsp3) is 0.647. The average Bonchev–Trinajstić information content (AvgIpc) is 3.12. The number of aromatic nitrogens is 1. The maximum absolute atomic E-state index is 12.9. The van der Waals surface area contributed by atoms with Crippen molar-refractivity contribution in [2.75, 3.05) is 39.9 Å². The monoisotopic (exact) mass is 353 g/mol. The van der Waals surface area contributed by atoms with E-state index in [2.05, 4.69) is 0 Å². The molecule has 0 bridgehead atoms. The van der Waals surface area contributed by atoms with Gasteiger partial charge in [-0.1, -0.05) is 11.6 Å². The number of carbonyl (C=O) groups is 2. The van der Waals surface area contributed by atoms with E-state index in [4.69, 9.17) is 16.3 Å². The number of amides is 2. The Labute approximate surface area is 147 Å². The Morgan fingerprint density at radius 2 is 2.17 bits per heavy atom. The Kier molecular flexibility index (Phi) is 4.88. The molecule has 2 aliphatic rings. The summed E-state index contributed by atoms with van der Waals surface area (Å²) in [5, 5.41) is 0.550. The maximum atomic E-state index is 12.9. The number of ether oxygens (including phenoxy) is 1. The van der Waals surface area contributed by atoms with E-state index < -0.39 is 5.41 Å². The van der Waals surface area contributed by atoms with Crippen molar-refractivity contribution in [2.45, 2.75) is 19.3 Å². The van der Waals surface area contributed by atoms with Crippen molar-refractivity contribution < 1.29 is 14.3 Å². The van der Waals surface area contributed by atoms with Crippen molar-refractivity contribution in [3.63, 3.8) is 0 Å². The SMILES string of the molecule is COCCN1CCC[C@@]2(CCN(C(=O)c3cc(Cl)cn3C)C2)C1=O. The summed E-state index contributed by atoms with van der Waals surface area (Å²) in [6.07, 6.45) is 4.29. The van der Waals surface area contributed by atoms with E-state index in [9.17, 15) is 9.59 Å². The largest absolute Gasteiger partial charge is 0.383 e. The Morgan fingerprint density at radius 3 is 2.83 bits per heavy atom. The summed E-state index contributed by atoms with van der Waals surface area (Å²) in [6.45, 7) is 3.07. The molecule has 7 heteroatoms. The zero-order valence-electron chi connectivity index (χ0n) is 14.3. The number of rotatable bonds is 4. The molecule has 24 heavy (non-hydrogen) atoms. The van der Waals surface area contributed by atoms with Gasteiger partial charge in [-0.15, -0.1) is 0 Å². The highest BCUT2D eigenvalue weighted by Crippen LogP contribution is 2.40. The number of hydrogen-bond acceptors (Lipinski definition) is 3. The first-order valence-electron chi connectivity index (χ1n) is 8.36. The predicted octanol–water partition coefficient (Wildman–Crippen LogP) is 1.78. The molecule has 3 rings (SSSR count). The fourth-order valence-electron chi connectivity index (χ4n) is 3.89. The van der Waals surface area contributed by atoms with Gasteiger partial charge in [0.1, 0.15) is 5.69 Å². The number of nitrogens with zero attached hydrogens (tertiary/aromatic N) is 3. The molecule has 0 N–H and O–H groups in total. The zero-order valence-corrected chi connectivity index (χ0v) is 15.0. The van der Waals surface area contributed by atoms with Gasteiger partial charge in [-0.2, -0.15) is 0 Å². The van der Waals surface area contributed by atoms with Crippen LogP contribution in [0.25, 0.3) is 0 Å². The molecule has 0 saturated carbocycles. The van der Waals surface area contributed by atoms with Crippen LogP contribution in [0.5, 0.6) is 0 Å².